The molecule has 4 aromatic rings. The molecule has 222 valence electrons. The summed E-state index contributed by atoms with van der Waals surface area (Å²) in [5, 5.41) is 15.4. The van der Waals surface area contributed by atoms with Gasteiger partial charge in [-0.2, -0.15) is 10.2 Å². The number of nitrogens with one attached hydrogen (secondary N) is 2. The van der Waals surface area contributed by atoms with Crippen molar-refractivity contribution in [3.8, 4) is 6.07 Å². The molecular formula is C31H33F2N9O. The lowest BCUT2D eigenvalue weighted by molar-refractivity contribution is -0.122. The number of amides is 1. The van der Waals surface area contributed by atoms with Crippen molar-refractivity contribution < 1.29 is 13.6 Å². The molecule has 43 heavy (non-hydrogen) atoms. The number of nitrogens with two attached hydrogens (primary N) is 1. The van der Waals surface area contributed by atoms with Gasteiger partial charge in [-0.05, 0) is 62.8 Å². The quantitative estimate of drug-likeness (QED) is 0.262. The van der Waals surface area contributed by atoms with E-state index in [9.17, 15) is 13.6 Å². The highest BCUT2D eigenvalue weighted by molar-refractivity contribution is 5.78. The minimum atomic E-state index is -0.904. The zero-order valence-electron chi connectivity index (χ0n) is 23.6. The molecule has 0 spiro atoms. The maximum Gasteiger partial charge on any atom is 0.225 e. The summed E-state index contributed by atoms with van der Waals surface area (Å²) < 4.78 is 31.6. The molecule has 2 aromatic carbocycles. The Hall–Kier alpha value is -4.63. The van der Waals surface area contributed by atoms with Gasteiger partial charge in [0.2, 0.25) is 17.8 Å². The number of hydrogen-bond donors (Lipinski definition) is 3. The lowest BCUT2D eigenvalue weighted by Gasteiger charge is -2.33. The first-order valence-corrected chi connectivity index (χ1v) is 14.6. The van der Waals surface area contributed by atoms with Crippen molar-refractivity contribution in [1.82, 2.24) is 24.4 Å². The molecule has 1 saturated carbocycles. The van der Waals surface area contributed by atoms with Crippen molar-refractivity contribution in [2.75, 3.05) is 23.7 Å². The third-order valence-electron chi connectivity index (χ3n) is 8.39. The van der Waals surface area contributed by atoms with Gasteiger partial charge in [-0.15, -0.1) is 0 Å². The Morgan fingerprint density at radius 1 is 1.07 bits per heavy atom. The van der Waals surface area contributed by atoms with Crippen LogP contribution in [0.25, 0.3) is 11.2 Å². The van der Waals surface area contributed by atoms with E-state index in [1.807, 2.05) is 10.6 Å². The first-order chi connectivity index (χ1) is 20.9. The van der Waals surface area contributed by atoms with E-state index in [0.717, 1.165) is 44.6 Å². The fourth-order valence-corrected chi connectivity index (χ4v) is 6.22. The predicted octanol–water partition coefficient (Wildman–Crippen LogP) is 5.01. The number of fused-ring (bicyclic) bond motifs is 1. The van der Waals surface area contributed by atoms with Gasteiger partial charge in [0.15, 0.2) is 17.3 Å². The number of hydrogen-bond acceptors (Lipinski definition) is 8. The summed E-state index contributed by atoms with van der Waals surface area (Å²) in [6.45, 7) is 2.74. The molecule has 0 bridgehead atoms. The van der Waals surface area contributed by atoms with E-state index in [1.54, 1.807) is 12.3 Å². The molecule has 1 atom stereocenters. The summed E-state index contributed by atoms with van der Waals surface area (Å²) in [6, 6.07) is 14.1. The highest BCUT2D eigenvalue weighted by Crippen LogP contribution is 2.37. The summed E-state index contributed by atoms with van der Waals surface area (Å²) in [4.78, 5) is 28.2. The van der Waals surface area contributed by atoms with Gasteiger partial charge >= 0.3 is 0 Å². The number of likely N-dealkylation sites (tertiary alicyclic amines) is 1. The van der Waals surface area contributed by atoms with Gasteiger partial charge in [-0.1, -0.05) is 30.3 Å². The van der Waals surface area contributed by atoms with Crippen LogP contribution in [0.4, 0.5) is 26.4 Å². The maximum atomic E-state index is 14.9. The highest BCUT2D eigenvalue weighted by atomic mass is 19.1. The molecule has 3 heterocycles. The van der Waals surface area contributed by atoms with Crippen molar-refractivity contribution in [3.05, 3.63) is 71.4 Å². The number of nitrogens with zero attached hydrogens (tertiary/aromatic N) is 6. The van der Waals surface area contributed by atoms with E-state index in [2.05, 4.69) is 49.8 Å². The Balaban J connectivity index is 1.29. The van der Waals surface area contributed by atoms with Crippen molar-refractivity contribution in [2.45, 2.75) is 57.2 Å². The molecule has 1 aliphatic carbocycles. The minimum absolute atomic E-state index is 0.120. The van der Waals surface area contributed by atoms with Crippen molar-refractivity contribution >= 4 is 34.7 Å². The molecular weight excluding hydrogens is 552 g/mol. The molecule has 1 saturated heterocycles. The second kappa shape index (κ2) is 12.3. The zero-order valence-corrected chi connectivity index (χ0v) is 23.6. The molecule has 2 fully saturated rings. The highest BCUT2D eigenvalue weighted by Gasteiger charge is 2.30. The van der Waals surface area contributed by atoms with Crippen LogP contribution in [-0.4, -0.2) is 49.5 Å². The van der Waals surface area contributed by atoms with Crippen LogP contribution < -0.4 is 16.4 Å². The second-order valence-electron chi connectivity index (χ2n) is 11.4. The molecule has 1 unspecified atom stereocenters. The number of imidazole rings is 1. The van der Waals surface area contributed by atoms with Gasteiger partial charge in [0, 0.05) is 31.1 Å². The monoisotopic (exact) mass is 585 g/mol. The standard InChI is InChI=1S/C31H33F2N9O/c32-24-13-20(15-34)14-25(33)27(24)39-31-38-26-16-36-30(40-29(26)42(31)23-10-8-21(9-11-23)28(35)43)37-22-7-4-12-41(18-22)17-19-5-2-1-3-6-19/h1-3,5-6,13-14,16,21-23H,4,7-12,17-18H2,(H2,35,43)(H,38,39)(H,36,37,40). The molecule has 0 radical (unpaired) electrons. The Morgan fingerprint density at radius 2 is 1.81 bits per heavy atom. The van der Waals surface area contributed by atoms with Crippen LogP contribution in [0, 0.1) is 28.9 Å². The number of nitriles is 1. The fraction of sp³-hybridized carbons (Fsp3) is 0.387. The predicted molar refractivity (Wildman–Crippen MR) is 158 cm³/mol. The largest absolute Gasteiger partial charge is 0.369 e. The first-order valence-electron chi connectivity index (χ1n) is 14.6. The zero-order chi connectivity index (χ0) is 29.9. The summed E-state index contributed by atoms with van der Waals surface area (Å²) >= 11 is 0. The normalized spacial score (nSPS) is 20.9. The fourth-order valence-electron chi connectivity index (χ4n) is 6.22. The summed E-state index contributed by atoms with van der Waals surface area (Å²) in [5.41, 5.74) is 7.29. The molecule has 6 rings (SSSR count). The van der Waals surface area contributed by atoms with E-state index in [4.69, 9.17) is 16.0 Å². The third kappa shape index (κ3) is 6.27. The topological polar surface area (TPSA) is 138 Å². The smallest absolute Gasteiger partial charge is 0.225 e. The summed E-state index contributed by atoms with van der Waals surface area (Å²) in [6.07, 6.45) is 6.06. The average molecular weight is 586 g/mol. The maximum absolute atomic E-state index is 14.9. The van der Waals surface area contributed by atoms with E-state index in [0.29, 0.717) is 42.8 Å². The van der Waals surface area contributed by atoms with Crippen LogP contribution in [0.1, 0.15) is 55.7 Å². The second-order valence-corrected chi connectivity index (χ2v) is 11.4. The van der Waals surface area contributed by atoms with Crippen LogP contribution in [0.3, 0.4) is 0 Å². The Bertz CT molecular complexity index is 1640. The van der Waals surface area contributed by atoms with Crippen LogP contribution in [-0.2, 0) is 11.3 Å². The molecule has 4 N–H and O–H groups in total. The number of anilines is 3. The van der Waals surface area contributed by atoms with E-state index >= 15 is 0 Å². The Kier molecular flexibility index (Phi) is 8.16. The van der Waals surface area contributed by atoms with Gasteiger partial charge < -0.3 is 16.4 Å². The van der Waals surface area contributed by atoms with Crippen LogP contribution in [0.5, 0.6) is 0 Å². The molecule has 2 aromatic heterocycles. The van der Waals surface area contributed by atoms with Gasteiger partial charge in [0.25, 0.3) is 0 Å². The summed E-state index contributed by atoms with van der Waals surface area (Å²) in [7, 11) is 0. The van der Waals surface area contributed by atoms with Gasteiger partial charge in [-0.3, -0.25) is 14.3 Å². The Labute approximate surface area is 247 Å². The van der Waals surface area contributed by atoms with Gasteiger partial charge in [-0.25, -0.2) is 18.7 Å². The molecule has 10 nitrogen and oxygen atoms in total. The van der Waals surface area contributed by atoms with Gasteiger partial charge in [0.1, 0.15) is 11.2 Å². The third-order valence-corrected chi connectivity index (χ3v) is 8.39. The number of aromatic nitrogens is 4. The van der Waals surface area contributed by atoms with Crippen molar-refractivity contribution in [3.63, 3.8) is 0 Å². The molecule has 1 aliphatic heterocycles. The van der Waals surface area contributed by atoms with Crippen LogP contribution in [0.15, 0.2) is 48.7 Å². The lowest BCUT2D eigenvalue weighted by Crippen LogP contribution is -2.41. The van der Waals surface area contributed by atoms with Crippen LogP contribution in [0.2, 0.25) is 0 Å². The number of piperidine rings is 1. The number of rotatable bonds is 8. The van der Waals surface area contributed by atoms with E-state index in [-0.39, 0.29) is 35.4 Å². The number of carbonyl (C=O) groups excluding carboxylic acids is 1. The van der Waals surface area contributed by atoms with Crippen LogP contribution >= 0.6 is 0 Å². The average Bonchev–Trinajstić information content (AvgIpc) is 3.36. The van der Waals surface area contributed by atoms with E-state index in [1.165, 1.54) is 5.56 Å². The number of benzene rings is 2. The lowest BCUT2D eigenvalue weighted by atomic mass is 9.85. The number of primary amides is 1. The Morgan fingerprint density at radius 3 is 2.51 bits per heavy atom. The molecule has 1 amide bonds. The first kappa shape index (κ1) is 28.5. The summed E-state index contributed by atoms with van der Waals surface area (Å²) in [5.74, 6) is -1.69. The van der Waals surface area contributed by atoms with Crippen molar-refractivity contribution in [1.29, 1.82) is 5.26 Å². The number of halogens is 2. The van der Waals surface area contributed by atoms with Gasteiger partial charge in [0.05, 0.1) is 17.8 Å². The van der Waals surface area contributed by atoms with Crippen molar-refractivity contribution in [2.24, 2.45) is 11.7 Å². The number of carbonyl (C=O) groups is 1. The minimum Gasteiger partial charge on any atom is -0.369 e. The molecule has 12 heteroatoms. The van der Waals surface area contributed by atoms with E-state index < -0.39 is 17.3 Å². The molecule has 2 aliphatic rings. The SMILES string of the molecule is N#Cc1cc(F)c(Nc2nc3cnc(NC4CCCN(Cc5ccccc5)C4)nc3n2C2CCC(C(N)=O)CC2)c(F)c1.